The molecule has 11 heteroatoms. The summed E-state index contributed by atoms with van der Waals surface area (Å²) in [6, 6.07) is 21.8. The van der Waals surface area contributed by atoms with Gasteiger partial charge < -0.3 is 9.47 Å². The first-order chi connectivity index (χ1) is 22.1. The maximum Gasteiger partial charge on any atom is 0.322 e. The molecule has 0 aliphatic carbocycles. The number of halogens is 5. The molecule has 5 aromatic carbocycles. The van der Waals surface area contributed by atoms with Crippen molar-refractivity contribution in [2.24, 2.45) is 0 Å². The van der Waals surface area contributed by atoms with Crippen molar-refractivity contribution in [2.75, 3.05) is 0 Å². The molecule has 0 bridgehead atoms. The number of carbonyl (C=O) groups is 2. The summed E-state index contributed by atoms with van der Waals surface area (Å²) in [6.45, 7) is 0. The highest BCUT2D eigenvalue weighted by Crippen LogP contribution is 2.33. The quantitative estimate of drug-likeness (QED) is 0.0787. The minimum Gasteiger partial charge on any atom is -0.426 e. The smallest absolute Gasteiger partial charge is 0.322 e. The monoisotopic (exact) mass is 624 g/mol. The van der Waals surface area contributed by atoms with Crippen LogP contribution in [0.3, 0.4) is 0 Å². The number of rotatable bonds is 7. The summed E-state index contributed by atoms with van der Waals surface area (Å²) < 4.78 is 82.7. The van der Waals surface area contributed by atoms with Crippen LogP contribution >= 0.6 is 0 Å². The minimum atomic E-state index is -1.26. The van der Waals surface area contributed by atoms with Crippen LogP contribution in [0.2, 0.25) is 0 Å². The van der Waals surface area contributed by atoms with E-state index in [0.29, 0.717) is 28.8 Å². The Balaban J connectivity index is 1.21. The number of nitriles is 2. The highest BCUT2D eigenvalue weighted by molar-refractivity contribution is 5.93. The zero-order chi connectivity index (χ0) is 33.0. The van der Waals surface area contributed by atoms with Crippen molar-refractivity contribution in [1.82, 2.24) is 0 Å². The molecule has 0 aliphatic heterocycles. The van der Waals surface area contributed by atoms with E-state index in [1.54, 1.807) is 12.1 Å². The van der Waals surface area contributed by atoms with Gasteiger partial charge in [0.25, 0.3) is 0 Å². The van der Waals surface area contributed by atoms with E-state index in [9.17, 15) is 31.5 Å². The van der Waals surface area contributed by atoms with E-state index in [-0.39, 0.29) is 22.6 Å². The molecule has 0 aliphatic rings. The molecule has 46 heavy (non-hydrogen) atoms. The molecule has 0 saturated carbocycles. The fourth-order valence-electron chi connectivity index (χ4n) is 4.53. The van der Waals surface area contributed by atoms with Gasteiger partial charge in [0, 0.05) is 11.6 Å². The number of nitrogens with zero attached hydrogens (tertiary/aromatic N) is 2. The number of esters is 2. The molecule has 0 saturated heterocycles. The van der Waals surface area contributed by atoms with Crippen LogP contribution in [-0.4, -0.2) is 11.9 Å². The molecule has 0 heterocycles. The van der Waals surface area contributed by atoms with Crippen LogP contribution < -0.4 is 9.47 Å². The lowest BCUT2D eigenvalue weighted by atomic mass is 9.97. The molecule has 0 atom stereocenters. The number of hydrogen-bond acceptors (Lipinski definition) is 6. The molecule has 0 radical (unpaired) electrons. The molecule has 0 amide bonds. The summed E-state index contributed by atoms with van der Waals surface area (Å²) in [4.78, 5) is 24.5. The molecular weight excluding hydrogens is 607 g/mol. The molecule has 5 rings (SSSR count). The highest BCUT2D eigenvalue weighted by atomic mass is 19.1. The Morgan fingerprint density at radius 3 is 1.61 bits per heavy atom. The third-order valence-corrected chi connectivity index (χ3v) is 6.69. The van der Waals surface area contributed by atoms with E-state index in [4.69, 9.17) is 20.0 Å². The van der Waals surface area contributed by atoms with Crippen molar-refractivity contribution in [3.63, 3.8) is 0 Å². The lowest BCUT2D eigenvalue weighted by Gasteiger charge is -2.11. The summed E-state index contributed by atoms with van der Waals surface area (Å²) in [5.41, 5.74) is -0.497. The normalized spacial score (nSPS) is 10.5. The van der Waals surface area contributed by atoms with Gasteiger partial charge in [0.05, 0.1) is 17.2 Å². The van der Waals surface area contributed by atoms with Crippen LogP contribution in [0.4, 0.5) is 22.0 Å². The third kappa shape index (κ3) is 6.74. The Morgan fingerprint density at radius 1 is 0.543 bits per heavy atom. The Labute approximate surface area is 258 Å². The highest BCUT2D eigenvalue weighted by Gasteiger charge is 2.20. The summed E-state index contributed by atoms with van der Waals surface area (Å²) in [7, 11) is 0. The Morgan fingerprint density at radius 2 is 1.07 bits per heavy atom. The molecule has 0 spiro atoms. The SMILES string of the molecule is N#Cc1ccc(-c2ccc(OC(=O)CC(=O)Oc3ccc(-c4cc(F)c(-c5cc(F)c(C#N)c(F)c5)c(F)c4)cc3)cc2F)cc1. The van der Waals surface area contributed by atoms with E-state index in [1.807, 2.05) is 6.07 Å². The van der Waals surface area contributed by atoms with Crippen molar-refractivity contribution in [2.45, 2.75) is 6.42 Å². The number of ether oxygens (including phenoxy) is 2. The van der Waals surface area contributed by atoms with Gasteiger partial charge in [0.1, 0.15) is 58.6 Å². The maximum atomic E-state index is 14.9. The van der Waals surface area contributed by atoms with E-state index in [1.165, 1.54) is 54.6 Å². The molecule has 0 aromatic heterocycles. The number of benzene rings is 5. The standard InChI is InChI=1S/C35H17F5N2O4/c36-28-13-23(14-29(37)27(28)18-42)35-31(39)11-22(12-32(35)40)20-5-7-24(8-6-20)45-33(43)16-34(44)46-25-9-10-26(30(38)15-25)21-3-1-19(17-41)2-4-21/h1-15H,16H2. The van der Waals surface area contributed by atoms with Gasteiger partial charge in [-0.25, -0.2) is 22.0 Å². The molecular formula is C35H17F5N2O4. The van der Waals surface area contributed by atoms with Gasteiger partial charge in [-0.05, 0) is 82.9 Å². The second-order valence-electron chi connectivity index (χ2n) is 9.72. The molecule has 0 fully saturated rings. The second kappa shape index (κ2) is 13.1. The average molecular weight is 625 g/mol. The van der Waals surface area contributed by atoms with E-state index >= 15 is 0 Å². The van der Waals surface area contributed by atoms with Gasteiger partial charge in [-0.1, -0.05) is 24.3 Å². The van der Waals surface area contributed by atoms with E-state index in [0.717, 1.165) is 18.2 Å². The molecule has 5 aromatic rings. The van der Waals surface area contributed by atoms with E-state index < -0.39 is 64.1 Å². The van der Waals surface area contributed by atoms with Gasteiger partial charge in [-0.3, -0.25) is 9.59 Å². The molecule has 0 unspecified atom stereocenters. The predicted molar refractivity (Wildman–Crippen MR) is 154 cm³/mol. The van der Waals surface area contributed by atoms with Gasteiger partial charge in [0.15, 0.2) is 0 Å². The third-order valence-electron chi connectivity index (χ3n) is 6.69. The summed E-state index contributed by atoms with van der Waals surface area (Å²) in [6.07, 6.45) is -0.810. The Bertz CT molecular complexity index is 2040. The van der Waals surface area contributed by atoms with Crippen LogP contribution in [0.25, 0.3) is 33.4 Å². The van der Waals surface area contributed by atoms with Crippen LogP contribution in [-0.2, 0) is 9.59 Å². The minimum absolute atomic E-state index is 0.000427. The first kappa shape index (κ1) is 31.1. The maximum absolute atomic E-state index is 14.9. The lowest BCUT2D eigenvalue weighted by molar-refractivity contribution is -0.144. The largest absolute Gasteiger partial charge is 0.426 e. The van der Waals surface area contributed by atoms with Gasteiger partial charge in [-0.2, -0.15) is 10.5 Å². The average Bonchev–Trinajstić information content (AvgIpc) is 3.01. The van der Waals surface area contributed by atoms with Crippen molar-refractivity contribution < 1.29 is 41.0 Å². The van der Waals surface area contributed by atoms with Crippen LogP contribution in [0.15, 0.2) is 91.0 Å². The van der Waals surface area contributed by atoms with Gasteiger partial charge in [0.2, 0.25) is 0 Å². The summed E-state index contributed by atoms with van der Waals surface area (Å²) >= 11 is 0. The number of carbonyl (C=O) groups excluding carboxylic acids is 2. The molecule has 6 nitrogen and oxygen atoms in total. The van der Waals surface area contributed by atoms with Gasteiger partial charge in [-0.15, -0.1) is 0 Å². The zero-order valence-electron chi connectivity index (χ0n) is 23.3. The van der Waals surface area contributed by atoms with Crippen molar-refractivity contribution >= 4 is 11.9 Å². The fraction of sp³-hybridized carbons (Fsp3) is 0.0286. The number of hydrogen-bond donors (Lipinski definition) is 0. The van der Waals surface area contributed by atoms with E-state index in [2.05, 4.69) is 0 Å². The van der Waals surface area contributed by atoms with Crippen LogP contribution in [0, 0.1) is 51.7 Å². The van der Waals surface area contributed by atoms with Crippen LogP contribution in [0.5, 0.6) is 11.5 Å². The first-order valence-electron chi connectivity index (χ1n) is 13.3. The van der Waals surface area contributed by atoms with Crippen molar-refractivity contribution in [1.29, 1.82) is 10.5 Å². The summed E-state index contributed by atoms with van der Waals surface area (Å²) in [5.74, 6) is -7.59. The second-order valence-corrected chi connectivity index (χ2v) is 9.72. The Kier molecular flexibility index (Phi) is 8.87. The molecule has 0 N–H and O–H groups in total. The van der Waals surface area contributed by atoms with Crippen molar-refractivity contribution in [3.8, 4) is 57.0 Å². The Hall–Kier alpha value is -6.33. The van der Waals surface area contributed by atoms with Crippen LogP contribution in [0.1, 0.15) is 17.5 Å². The molecule has 226 valence electrons. The lowest BCUT2D eigenvalue weighted by Crippen LogP contribution is -2.18. The topological polar surface area (TPSA) is 100 Å². The zero-order valence-corrected chi connectivity index (χ0v) is 23.3. The van der Waals surface area contributed by atoms with Crippen molar-refractivity contribution in [3.05, 3.63) is 131 Å². The first-order valence-corrected chi connectivity index (χ1v) is 13.3. The fourth-order valence-corrected chi connectivity index (χ4v) is 4.53. The summed E-state index contributed by atoms with van der Waals surface area (Å²) in [5, 5.41) is 17.7. The predicted octanol–water partition coefficient (Wildman–Crippen LogP) is 8.03. The van der Waals surface area contributed by atoms with Gasteiger partial charge >= 0.3 is 11.9 Å².